The fourth-order valence-electron chi connectivity index (χ4n) is 2.24. The highest BCUT2D eigenvalue weighted by Gasteiger charge is 2.45. The molecule has 3 N–H and O–H groups in total. The van der Waals surface area contributed by atoms with Crippen LogP contribution in [0.4, 0.5) is 0 Å². The summed E-state index contributed by atoms with van der Waals surface area (Å²) < 4.78 is 0. The Morgan fingerprint density at radius 2 is 2.38 bits per heavy atom. The van der Waals surface area contributed by atoms with Crippen molar-refractivity contribution in [2.75, 3.05) is 0 Å². The van der Waals surface area contributed by atoms with Crippen LogP contribution in [0.3, 0.4) is 0 Å². The summed E-state index contributed by atoms with van der Waals surface area (Å²) in [5.41, 5.74) is 4.97. The SMILES string of the molecule is CCCC[C@@H]1CCC[C@@]1(N)C(=O)O. The summed E-state index contributed by atoms with van der Waals surface area (Å²) in [6, 6.07) is 0. The number of carbonyl (C=O) groups is 1. The Hall–Kier alpha value is -0.570. The number of hydrogen-bond acceptors (Lipinski definition) is 2. The minimum absolute atomic E-state index is 0.199. The predicted octanol–water partition coefficient (Wildman–Crippen LogP) is 1.76. The highest BCUT2D eigenvalue weighted by molar-refractivity contribution is 5.79. The van der Waals surface area contributed by atoms with Crippen LogP contribution in [0.5, 0.6) is 0 Å². The molecule has 0 amide bonds. The van der Waals surface area contributed by atoms with Gasteiger partial charge in [-0.05, 0) is 25.2 Å². The number of rotatable bonds is 4. The Morgan fingerprint density at radius 1 is 1.69 bits per heavy atom. The Bertz CT molecular complexity index is 193. The lowest BCUT2D eigenvalue weighted by atomic mass is 9.84. The van der Waals surface area contributed by atoms with Gasteiger partial charge in [-0.25, -0.2) is 0 Å². The third-order valence-electron chi connectivity index (χ3n) is 3.18. The number of aliphatic carboxylic acids is 1. The first-order valence-electron chi connectivity index (χ1n) is 5.13. The maximum absolute atomic E-state index is 11.0. The van der Waals surface area contributed by atoms with E-state index in [1.807, 2.05) is 0 Å². The van der Waals surface area contributed by atoms with Crippen molar-refractivity contribution in [1.29, 1.82) is 0 Å². The minimum Gasteiger partial charge on any atom is -0.480 e. The van der Waals surface area contributed by atoms with Gasteiger partial charge in [0, 0.05) is 0 Å². The van der Waals surface area contributed by atoms with Crippen molar-refractivity contribution in [3.8, 4) is 0 Å². The van der Waals surface area contributed by atoms with Crippen molar-refractivity contribution in [3.63, 3.8) is 0 Å². The molecule has 0 radical (unpaired) electrons. The zero-order valence-electron chi connectivity index (χ0n) is 8.25. The molecule has 0 heterocycles. The Kier molecular flexibility index (Phi) is 3.31. The molecule has 0 spiro atoms. The van der Waals surface area contributed by atoms with Crippen LogP contribution in [0.1, 0.15) is 45.4 Å². The summed E-state index contributed by atoms with van der Waals surface area (Å²) in [4.78, 5) is 11.0. The van der Waals surface area contributed by atoms with Crippen LogP contribution >= 0.6 is 0 Å². The Morgan fingerprint density at radius 3 is 2.92 bits per heavy atom. The van der Waals surface area contributed by atoms with Gasteiger partial charge < -0.3 is 10.8 Å². The fourth-order valence-corrected chi connectivity index (χ4v) is 2.24. The normalized spacial score (nSPS) is 33.5. The number of carboxylic acids is 1. The molecule has 0 aromatic heterocycles. The molecule has 1 rings (SSSR count). The van der Waals surface area contributed by atoms with Crippen LogP contribution in [0.15, 0.2) is 0 Å². The van der Waals surface area contributed by atoms with Crippen molar-refractivity contribution in [2.24, 2.45) is 11.7 Å². The van der Waals surface area contributed by atoms with Gasteiger partial charge in [0.25, 0.3) is 0 Å². The molecule has 1 aliphatic carbocycles. The van der Waals surface area contributed by atoms with Crippen LogP contribution in [-0.2, 0) is 4.79 Å². The van der Waals surface area contributed by atoms with E-state index in [-0.39, 0.29) is 5.92 Å². The second-order valence-electron chi connectivity index (χ2n) is 4.08. The maximum Gasteiger partial charge on any atom is 0.323 e. The van der Waals surface area contributed by atoms with Crippen LogP contribution in [0, 0.1) is 5.92 Å². The molecule has 76 valence electrons. The highest BCUT2D eigenvalue weighted by atomic mass is 16.4. The van der Waals surface area contributed by atoms with Crippen LogP contribution in [0.2, 0.25) is 0 Å². The first kappa shape index (κ1) is 10.5. The van der Waals surface area contributed by atoms with Crippen molar-refractivity contribution in [2.45, 2.75) is 51.0 Å². The topological polar surface area (TPSA) is 63.3 Å². The molecular weight excluding hydrogens is 166 g/mol. The van der Waals surface area contributed by atoms with E-state index in [1.54, 1.807) is 0 Å². The lowest BCUT2D eigenvalue weighted by Crippen LogP contribution is -2.50. The zero-order valence-corrected chi connectivity index (χ0v) is 8.25. The van der Waals surface area contributed by atoms with E-state index >= 15 is 0 Å². The number of carboxylic acid groups (broad SMARTS) is 1. The molecule has 0 unspecified atom stereocenters. The summed E-state index contributed by atoms with van der Waals surface area (Å²) in [5, 5.41) is 9.02. The maximum atomic E-state index is 11.0. The summed E-state index contributed by atoms with van der Waals surface area (Å²) >= 11 is 0. The Labute approximate surface area is 79.3 Å². The molecule has 0 aliphatic heterocycles. The third-order valence-corrected chi connectivity index (χ3v) is 3.18. The molecule has 0 bridgehead atoms. The molecule has 1 aliphatic rings. The van der Waals surface area contributed by atoms with Crippen molar-refractivity contribution < 1.29 is 9.90 Å². The van der Waals surface area contributed by atoms with Gasteiger partial charge in [0.2, 0.25) is 0 Å². The molecule has 1 saturated carbocycles. The van der Waals surface area contributed by atoms with E-state index < -0.39 is 11.5 Å². The predicted molar refractivity (Wildman–Crippen MR) is 51.4 cm³/mol. The first-order valence-corrected chi connectivity index (χ1v) is 5.13. The fraction of sp³-hybridized carbons (Fsp3) is 0.900. The van der Waals surface area contributed by atoms with E-state index in [4.69, 9.17) is 10.8 Å². The van der Waals surface area contributed by atoms with Crippen molar-refractivity contribution >= 4 is 5.97 Å². The van der Waals surface area contributed by atoms with Crippen LogP contribution in [-0.4, -0.2) is 16.6 Å². The summed E-state index contributed by atoms with van der Waals surface area (Å²) in [7, 11) is 0. The highest BCUT2D eigenvalue weighted by Crippen LogP contribution is 2.37. The quantitative estimate of drug-likeness (QED) is 0.701. The molecule has 2 atom stereocenters. The zero-order chi connectivity index (χ0) is 9.90. The molecule has 13 heavy (non-hydrogen) atoms. The van der Waals surface area contributed by atoms with E-state index in [0.717, 1.165) is 32.1 Å². The lowest BCUT2D eigenvalue weighted by Gasteiger charge is -2.26. The van der Waals surface area contributed by atoms with Gasteiger partial charge in [-0.1, -0.05) is 26.2 Å². The van der Waals surface area contributed by atoms with Gasteiger partial charge in [-0.3, -0.25) is 4.79 Å². The van der Waals surface area contributed by atoms with Gasteiger partial charge in [0.05, 0.1) is 0 Å². The molecule has 0 aromatic rings. The largest absolute Gasteiger partial charge is 0.480 e. The van der Waals surface area contributed by atoms with Crippen molar-refractivity contribution in [1.82, 2.24) is 0 Å². The number of hydrogen-bond donors (Lipinski definition) is 2. The van der Waals surface area contributed by atoms with Gasteiger partial charge in [0.15, 0.2) is 0 Å². The van der Waals surface area contributed by atoms with Crippen LogP contribution < -0.4 is 5.73 Å². The monoisotopic (exact) mass is 185 g/mol. The second-order valence-corrected chi connectivity index (χ2v) is 4.08. The van der Waals surface area contributed by atoms with Crippen molar-refractivity contribution in [3.05, 3.63) is 0 Å². The van der Waals surface area contributed by atoms with Gasteiger partial charge in [0.1, 0.15) is 5.54 Å². The molecule has 1 fully saturated rings. The number of nitrogens with two attached hydrogens (primary N) is 1. The summed E-state index contributed by atoms with van der Waals surface area (Å²) in [6.45, 7) is 2.12. The molecule has 3 heteroatoms. The average Bonchev–Trinajstić information content (AvgIpc) is 2.45. The van der Waals surface area contributed by atoms with Gasteiger partial charge in [-0.2, -0.15) is 0 Å². The molecule has 0 saturated heterocycles. The molecule has 0 aromatic carbocycles. The van der Waals surface area contributed by atoms with E-state index in [2.05, 4.69) is 6.92 Å². The summed E-state index contributed by atoms with van der Waals surface area (Å²) in [6.07, 6.45) is 5.79. The van der Waals surface area contributed by atoms with E-state index in [0.29, 0.717) is 6.42 Å². The smallest absolute Gasteiger partial charge is 0.323 e. The summed E-state index contributed by atoms with van der Waals surface area (Å²) in [5.74, 6) is -0.615. The van der Waals surface area contributed by atoms with Crippen LogP contribution in [0.25, 0.3) is 0 Å². The Balaban J connectivity index is 2.57. The standard InChI is InChI=1S/C10H19NO2/c1-2-3-5-8-6-4-7-10(8,11)9(12)13/h8H,2-7,11H2,1H3,(H,12,13)/t8-,10+/m1/s1. The molecule has 3 nitrogen and oxygen atoms in total. The molecular formula is C10H19NO2. The van der Waals surface area contributed by atoms with Gasteiger partial charge in [-0.15, -0.1) is 0 Å². The number of unbranched alkanes of at least 4 members (excludes halogenated alkanes) is 1. The van der Waals surface area contributed by atoms with E-state index in [1.165, 1.54) is 0 Å². The van der Waals surface area contributed by atoms with Gasteiger partial charge >= 0.3 is 5.97 Å². The average molecular weight is 185 g/mol. The second kappa shape index (κ2) is 4.09. The lowest BCUT2D eigenvalue weighted by molar-refractivity contribution is -0.144. The third kappa shape index (κ3) is 2.02. The minimum atomic E-state index is -0.921. The van der Waals surface area contributed by atoms with E-state index in [9.17, 15) is 4.79 Å². The first-order chi connectivity index (χ1) is 6.11.